The molecule has 0 fully saturated rings. The van der Waals surface area contributed by atoms with E-state index in [9.17, 15) is 38.4 Å². The van der Waals surface area contributed by atoms with Crippen molar-refractivity contribution in [2.75, 3.05) is 78.9 Å². The molecule has 0 saturated heterocycles. The van der Waals surface area contributed by atoms with Crippen molar-refractivity contribution in [3.8, 4) is 0 Å². The molecule has 4 aliphatic carbocycles. The van der Waals surface area contributed by atoms with Crippen molar-refractivity contribution in [3.63, 3.8) is 0 Å². The Hall–Kier alpha value is -9.16. The number of carbonyl (C=O) groups is 8. The lowest BCUT2D eigenvalue weighted by atomic mass is 9.72. The van der Waals surface area contributed by atoms with Crippen LogP contribution in [-0.4, -0.2) is 126 Å². The van der Waals surface area contributed by atoms with Gasteiger partial charge in [0.25, 0.3) is 0 Å². The van der Waals surface area contributed by atoms with E-state index in [0.29, 0.717) is 130 Å². The minimum Gasteiger partial charge on any atom is -0.381 e. The van der Waals surface area contributed by atoms with Crippen LogP contribution in [-0.2, 0) is 52.6 Å². The lowest BCUT2D eigenvalue weighted by Gasteiger charge is -2.33. The standard InChI is InChI=1S/C112H168N6O11/c1-83(51-55-99-91(9)45-29-61-109(99,13)14)37-25-41-87(5)77-97(119)81-95(49-21-23-65-115-105(123)79-89(7)43-27-39-85(3)53-57-101-93(11)47-31-63-111(101,17)18)107(125)117-69-35-73-127-71-33-67-113-103(121)59-75-129-76-60-104(122)114-68-34-72-128-74-36-70-118-108(126)96(82-98(120)78-88(6)42-26-38-84(2)52-56-100-92(10)46-30-62-110(100,15)16)50-22-24-66-116-106(124)80-90(8)44-28-40-86(4)54-58-102-94(12)48-32-64-112(102,19)20/h25-28,37-44,51-58,77-80,95-96H,21-24,29-36,45-50,59-76,81-82H2,1-20H3,(H,113,121)(H,114,122)(H,115,123)(H,116,124)(H,117,125)(H,118,126)/b41-25+,42-26+,43-27+,44-28+,55-51+,56-52+,57-53+,58-54+,83-37+,84-38+,85-39+,86-40+,87-77+,88-78+,89-79+,90-80+/t95-,96-/m1/s1. The molecule has 0 aromatic rings. The van der Waals surface area contributed by atoms with Crippen LogP contribution in [0.4, 0.5) is 0 Å². The molecular formula is C112H168N6O11. The fourth-order valence-corrected chi connectivity index (χ4v) is 17.1. The van der Waals surface area contributed by atoms with Crippen molar-refractivity contribution in [1.29, 1.82) is 0 Å². The summed E-state index contributed by atoms with van der Waals surface area (Å²) < 4.78 is 17.3. The molecule has 0 spiro atoms. The van der Waals surface area contributed by atoms with E-state index in [1.54, 1.807) is 24.3 Å². The number of rotatable bonds is 58. The predicted molar refractivity (Wildman–Crippen MR) is 537 cm³/mol. The molecule has 0 saturated carbocycles. The van der Waals surface area contributed by atoms with Crippen molar-refractivity contribution < 1.29 is 52.6 Å². The maximum atomic E-state index is 13.7. The zero-order valence-corrected chi connectivity index (χ0v) is 83.4. The zero-order chi connectivity index (χ0) is 95.2. The summed E-state index contributed by atoms with van der Waals surface area (Å²) in [6, 6.07) is 0. The molecule has 6 amide bonds. The molecule has 4 aliphatic rings. The molecule has 0 aromatic carbocycles. The molecule has 0 unspecified atom stereocenters. The molecule has 0 aromatic heterocycles. The van der Waals surface area contributed by atoms with Crippen LogP contribution < -0.4 is 31.9 Å². The zero-order valence-electron chi connectivity index (χ0n) is 83.4. The number of ketones is 2. The third-order valence-electron chi connectivity index (χ3n) is 24.8. The van der Waals surface area contributed by atoms with Crippen LogP contribution in [0.3, 0.4) is 0 Å². The first-order chi connectivity index (χ1) is 61.3. The van der Waals surface area contributed by atoms with Gasteiger partial charge in [0.15, 0.2) is 11.6 Å². The van der Waals surface area contributed by atoms with E-state index < -0.39 is 11.8 Å². The number of hydrogen-bond donors (Lipinski definition) is 6. The fraction of sp³-hybridized carbons (Fsp3) is 0.571. The molecule has 0 aliphatic heterocycles. The van der Waals surface area contributed by atoms with Gasteiger partial charge in [0.1, 0.15) is 0 Å². The Kier molecular flexibility index (Phi) is 53.5. The average molecular weight is 1770 g/mol. The number of amides is 6. The number of allylic oxidation sites excluding steroid dienone is 38. The van der Waals surface area contributed by atoms with Gasteiger partial charge in [0.05, 0.1) is 13.2 Å². The summed E-state index contributed by atoms with van der Waals surface area (Å²) in [5.41, 5.74) is 19.9. The quantitative estimate of drug-likeness (QED) is 0.0190. The van der Waals surface area contributed by atoms with Crippen LogP contribution in [0.1, 0.15) is 305 Å². The average Bonchev–Trinajstić information content (AvgIpc) is 0.835. The molecule has 4 rings (SSSR count). The van der Waals surface area contributed by atoms with Gasteiger partial charge >= 0.3 is 0 Å². The van der Waals surface area contributed by atoms with Gasteiger partial charge < -0.3 is 46.1 Å². The third kappa shape index (κ3) is 48.5. The van der Waals surface area contributed by atoms with Crippen LogP contribution in [0.25, 0.3) is 0 Å². The van der Waals surface area contributed by atoms with Crippen LogP contribution in [0.2, 0.25) is 0 Å². The van der Waals surface area contributed by atoms with E-state index >= 15 is 0 Å². The van der Waals surface area contributed by atoms with Crippen LogP contribution in [0.5, 0.6) is 0 Å². The van der Waals surface area contributed by atoms with Gasteiger partial charge in [-0.05, 0) is 290 Å². The first-order valence-electron chi connectivity index (χ1n) is 48.4. The van der Waals surface area contributed by atoms with Gasteiger partial charge in [-0.15, -0.1) is 0 Å². The molecule has 2 atom stereocenters. The Labute approximate surface area is 779 Å². The van der Waals surface area contributed by atoms with Crippen LogP contribution in [0.15, 0.2) is 235 Å². The lowest BCUT2D eigenvalue weighted by Crippen LogP contribution is -2.33. The van der Waals surface area contributed by atoms with E-state index in [-0.39, 0.29) is 108 Å². The SMILES string of the molecule is CC1=C(/C=C/C(C)=C/C=C/C(C)=C/C(=O)C[C@@H](CCCCNC(=O)/C=C(C)/C=C/C=C(C)/C=C/C2=C(C)CCCC2(C)C)C(=O)NCCCOCCCNC(=O)CCOCCC(=O)NCCCOCCCNC(=O)[C@H](CCCCNC(=O)/C=C(C)/C=C/C=C(C)/C=C/C2=C(C)CCCC2(C)C)CC(=O)/C=C(C)/C=C/C=C(C)/C=C/C2=C(C)CCCC2(C)C)C(C)(C)CCC1. The maximum Gasteiger partial charge on any atom is 0.244 e. The Morgan fingerprint density at radius 2 is 0.566 bits per heavy atom. The van der Waals surface area contributed by atoms with Crippen LogP contribution >= 0.6 is 0 Å². The van der Waals surface area contributed by atoms with E-state index in [1.165, 1.54) is 96.0 Å². The second-order valence-corrected chi connectivity index (χ2v) is 39.0. The fourth-order valence-electron chi connectivity index (χ4n) is 17.1. The summed E-state index contributed by atoms with van der Waals surface area (Å²) in [7, 11) is 0. The smallest absolute Gasteiger partial charge is 0.244 e. The van der Waals surface area contributed by atoms with E-state index in [0.717, 1.165) is 70.3 Å². The normalized spacial score (nSPS) is 18.3. The van der Waals surface area contributed by atoms with Gasteiger partial charge in [0.2, 0.25) is 35.4 Å². The highest BCUT2D eigenvalue weighted by Crippen LogP contribution is 2.44. The Morgan fingerprint density at radius 1 is 0.310 bits per heavy atom. The summed E-state index contributed by atoms with van der Waals surface area (Å²) in [6.45, 7) is 47.8. The Balaban J connectivity index is 1.13. The highest BCUT2D eigenvalue weighted by Gasteiger charge is 2.31. The highest BCUT2D eigenvalue weighted by molar-refractivity contribution is 5.95. The van der Waals surface area contributed by atoms with Crippen molar-refractivity contribution in [2.45, 2.75) is 305 Å². The topological polar surface area (TPSA) is 236 Å². The summed E-state index contributed by atoms with van der Waals surface area (Å²) >= 11 is 0. The van der Waals surface area contributed by atoms with E-state index in [2.05, 4.69) is 203 Å². The molecule has 129 heavy (non-hydrogen) atoms. The monoisotopic (exact) mass is 1770 g/mol. The van der Waals surface area contributed by atoms with Gasteiger partial charge in [0, 0.05) is 115 Å². The van der Waals surface area contributed by atoms with E-state index in [1.807, 2.05) is 88.5 Å². The van der Waals surface area contributed by atoms with Crippen molar-refractivity contribution in [2.24, 2.45) is 33.5 Å². The molecule has 0 heterocycles. The summed E-state index contributed by atoms with van der Waals surface area (Å²) in [5.74, 6) is -2.44. The summed E-state index contributed by atoms with van der Waals surface area (Å²) in [4.78, 5) is 106. The second-order valence-electron chi connectivity index (χ2n) is 39.0. The summed E-state index contributed by atoms with van der Waals surface area (Å²) in [5, 5.41) is 17.8. The highest BCUT2D eigenvalue weighted by atomic mass is 16.5. The molecule has 17 nitrogen and oxygen atoms in total. The molecule has 0 bridgehead atoms. The number of hydrogen-bond acceptors (Lipinski definition) is 11. The molecule has 17 heteroatoms. The van der Waals surface area contributed by atoms with Crippen LogP contribution in [0, 0.1) is 33.5 Å². The van der Waals surface area contributed by atoms with Gasteiger partial charge in [-0.25, -0.2) is 0 Å². The minimum atomic E-state index is -0.552. The number of nitrogens with one attached hydrogen (secondary N) is 6. The minimum absolute atomic E-state index is 0.0590. The summed E-state index contributed by atoms with van der Waals surface area (Å²) in [6.07, 6.45) is 68.3. The van der Waals surface area contributed by atoms with Crippen molar-refractivity contribution in [3.05, 3.63) is 235 Å². The lowest BCUT2D eigenvalue weighted by molar-refractivity contribution is -0.128. The first kappa shape index (κ1) is 112. The second kappa shape index (κ2) is 61.5. The third-order valence-corrected chi connectivity index (χ3v) is 24.8. The Bertz CT molecular complexity index is 4080. The van der Waals surface area contributed by atoms with Gasteiger partial charge in [-0.3, -0.25) is 38.4 Å². The number of carbonyl (C=O) groups excluding carboxylic acids is 8. The molecule has 6 N–H and O–H groups in total. The number of ether oxygens (including phenoxy) is 3. The first-order valence-corrected chi connectivity index (χ1v) is 48.4. The van der Waals surface area contributed by atoms with E-state index in [4.69, 9.17) is 14.2 Å². The van der Waals surface area contributed by atoms with Crippen molar-refractivity contribution in [1.82, 2.24) is 31.9 Å². The number of unbranched alkanes of at least 4 members (excludes halogenated alkanes) is 2. The maximum absolute atomic E-state index is 13.7. The molecular weight excluding hydrogens is 1610 g/mol. The predicted octanol–water partition coefficient (Wildman–Crippen LogP) is 23.7. The van der Waals surface area contributed by atoms with Gasteiger partial charge in [-0.1, -0.05) is 234 Å². The Morgan fingerprint density at radius 3 is 0.845 bits per heavy atom. The molecule has 712 valence electrons. The largest absolute Gasteiger partial charge is 0.381 e. The van der Waals surface area contributed by atoms with Gasteiger partial charge in [-0.2, -0.15) is 0 Å². The molecule has 0 radical (unpaired) electrons. The van der Waals surface area contributed by atoms with Crippen molar-refractivity contribution >= 4 is 47.0 Å².